The molecule has 24 heavy (non-hydrogen) atoms. The van der Waals surface area contributed by atoms with E-state index in [0.29, 0.717) is 11.8 Å². The molecule has 0 aromatic carbocycles. The third-order valence-electron chi connectivity index (χ3n) is 4.67. The van der Waals surface area contributed by atoms with Crippen molar-refractivity contribution in [1.29, 1.82) is 0 Å². The first-order valence-electron chi connectivity index (χ1n) is 8.58. The minimum atomic E-state index is -0.518. The zero-order valence-electron chi connectivity index (χ0n) is 13.9. The van der Waals surface area contributed by atoms with E-state index in [1.165, 1.54) is 35.3 Å². The van der Waals surface area contributed by atoms with Gasteiger partial charge in [0.25, 0.3) is 5.89 Å². The quantitative estimate of drug-likeness (QED) is 0.869. The topological polar surface area (TPSA) is 77.1 Å². The molecular weight excluding hydrogens is 326 g/mol. The van der Waals surface area contributed by atoms with E-state index in [1.54, 1.807) is 0 Å². The Morgan fingerprint density at radius 2 is 2.29 bits per heavy atom. The van der Waals surface area contributed by atoms with Gasteiger partial charge in [0.1, 0.15) is 0 Å². The Labute approximate surface area is 144 Å². The van der Waals surface area contributed by atoms with Crippen molar-refractivity contribution in [3.8, 4) is 10.8 Å². The summed E-state index contributed by atoms with van der Waals surface area (Å²) in [6.45, 7) is 2.42. The van der Waals surface area contributed by atoms with Crippen molar-refractivity contribution in [2.75, 3.05) is 0 Å². The van der Waals surface area contributed by atoms with E-state index in [0.717, 1.165) is 17.7 Å². The monoisotopic (exact) mass is 349 g/mol. The van der Waals surface area contributed by atoms with Gasteiger partial charge in [-0.1, -0.05) is 32.3 Å². The van der Waals surface area contributed by atoms with E-state index in [-0.39, 0.29) is 24.9 Å². The highest BCUT2D eigenvalue weighted by atomic mass is 32.1. The zero-order valence-corrected chi connectivity index (χ0v) is 14.7. The lowest BCUT2D eigenvalue weighted by Gasteiger charge is -2.31. The summed E-state index contributed by atoms with van der Waals surface area (Å²) in [5, 5.41) is 9.20. The van der Waals surface area contributed by atoms with Crippen LogP contribution in [0.4, 0.5) is 0 Å². The van der Waals surface area contributed by atoms with E-state index in [4.69, 9.17) is 4.42 Å². The van der Waals surface area contributed by atoms with Gasteiger partial charge in [-0.2, -0.15) is 4.68 Å². The van der Waals surface area contributed by atoms with Crippen LogP contribution in [0.15, 0.2) is 26.7 Å². The Balaban J connectivity index is 1.55. The second-order valence-electron chi connectivity index (χ2n) is 6.25. The largest absolute Gasteiger partial charge is 0.437 e. The molecule has 130 valence electrons. The first-order valence-corrected chi connectivity index (χ1v) is 9.46. The van der Waals surface area contributed by atoms with E-state index in [9.17, 15) is 9.59 Å². The Morgan fingerprint density at radius 3 is 3.04 bits per heavy atom. The van der Waals surface area contributed by atoms with E-state index < -0.39 is 5.76 Å². The molecule has 0 bridgehead atoms. The maximum atomic E-state index is 12.2. The number of hydrogen-bond acceptors (Lipinski definition) is 5. The normalized spacial score (nSPS) is 20.9. The van der Waals surface area contributed by atoms with Gasteiger partial charge >= 0.3 is 5.76 Å². The molecule has 0 unspecified atom stereocenters. The number of hydrogen-bond donors (Lipinski definition) is 1. The summed E-state index contributed by atoms with van der Waals surface area (Å²) in [6, 6.07) is 3.99. The van der Waals surface area contributed by atoms with Crippen molar-refractivity contribution in [2.45, 2.75) is 58.0 Å². The molecule has 1 fully saturated rings. The van der Waals surface area contributed by atoms with Gasteiger partial charge in [-0.15, -0.1) is 16.4 Å². The molecule has 1 N–H and O–H groups in total. The molecule has 1 aliphatic carbocycles. The zero-order chi connectivity index (χ0) is 16.9. The summed E-state index contributed by atoms with van der Waals surface area (Å²) in [6.07, 6.45) is 6.01. The number of aryl methyl sites for hydroxylation is 1. The number of nitrogens with zero attached hydrogens (tertiary/aromatic N) is 2. The van der Waals surface area contributed by atoms with Crippen LogP contribution in [0.25, 0.3) is 10.8 Å². The van der Waals surface area contributed by atoms with E-state index in [1.807, 2.05) is 17.5 Å². The van der Waals surface area contributed by atoms with Gasteiger partial charge in [0.2, 0.25) is 5.91 Å². The van der Waals surface area contributed by atoms with Gasteiger partial charge < -0.3 is 9.73 Å². The molecule has 2 heterocycles. The fourth-order valence-electron chi connectivity index (χ4n) is 3.32. The second kappa shape index (κ2) is 7.79. The number of rotatable bonds is 6. The SMILES string of the molecule is CC[C@H]1CCCC[C@H]1NC(=O)CCn1nc(-c2cccs2)oc1=O. The molecule has 0 radical (unpaired) electrons. The predicted molar refractivity (Wildman–Crippen MR) is 92.9 cm³/mol. The fraction of sp³-hybridized carbons (Fsp3) is 0.588. The summed E-state index contributed by atoms with van der Waals surface area (Å²) >= 11 is 1.46. The maximum absolute atomic E-state index is 12.2. The molecule has 7 heteroatoms. The van der Waals surface area contributed by atoms with Crippen molar-refractivity contribution in [2.24, 2.45) is 5.92 Å². The minimum absolute atomic E-state index is 0.0204. The Hall–Kier alpha value is -1.89. The number of aromatic nitrogens is 2. The van der Waals surface area contributed by atoms with Crippen LogP contribution in [0.2, 0.25) is 0 Å². The van der Waals surface area contributed by atoms with Crippen molar-refractivity contribution in [3.05, 3.63) is 28.1 Å². The molecule has 0 spiro atoms. The Kier molecular flexibility index (Phi) is 5.50. The summed E-state index contributed by atoms with van der Waals surface area (Å²) in [5.41, 5.74) is 0. The maximum Gasteiger partial charge on any atom is 0.437 e. The third-order valence-corrected chi connectivity index (χ3v) is 5.53. The average Bonchev–Trinajstić information content (AvgIpc) is 3.23. The highest BCUT2D eigenvalue weighted by Crippen LogP contribution is 2.26. The highest BCUT2D eigenvalue weighted by Gasteiger charge is 2.25. The molecule has 3 rings (SSSR count). The number of carbonyl (C=O) groups excluding carboxylic acids is 1. The van der Waals surface area contributed by atoms with E-state index >= 15 is 0 Å². The number of amides is 1. The first-order chi connectivity index (χ1) is 11.7. The Bertz CT molecular complexity index is 720. The van der Waals surface area contributed by atoms with Gasteiger partial charge in [-0.25, -0.2) is 4.79 Å². The molecular formula is C17H23N3O3S. The Morgan fingerprint density at radius 1 is 1.46 bits per heavy atom. The molecule has 1 aliphatic rings. The van der Waals surface area contributed by atoms with Crippen LogP contribution in [0.3, 0.4) is 0 Å². The van der Waals surface area contributed by atoms with Gasteiger partial charge in [0.05, 0.1) is 11.4 Å². The predicted octanol–water partition coefficient (Wildman–Crippen LogP) is 3.04. The summed E-state index contributed by atoms with van der Waals surface area (Å²) < 4.78 is 6.38. The summed E-state index contributed by atoms with van der Waals surface area (Å²) in [5.74, 6) is 0.347. The summed E-state index contributed by atoms with van der Waals surface area (Å²) in [7, 11) is 0. The van der Waals surface area contributed by atoms with Gasteiger partial charge in [-0.05, 0) is 30.2 Å². The van der Waals surface area contributed by atoms with Gasteiger partial charge in [0.15, 0.2) is 0 Å². The lowest BCUT2D eigenvalue weighted by Crippen LogP contribution is -2.42. The number of carbonyl (C=O) groups is 1. The van der Waals surface area contributed by atoms with Crippen molar-refractivity contribution >= 4 is 17.2 Å². The third kappa shape index (κ3) is 3.95. The number of thiophene rings is 1. The lowest BCUT2D eigenvalue weighted by molar-refractivity contribution is -0.122. The van der Waals surface area contributed by atoms with Crippen LogP contribution in [0.1, 0.15) is 45.4 Å². The fourth-order valence-corrected chi connectivity index (χ4v) is 3.96. The van der Waals surface area contributed by atoms with Crippen LogP contribution in [-0.4, -0.2) is 21.7 Å². The second-order valence-corrected chi connectivity index (χ2v) is 7.20. The summed E-state index contributed by atoms with van der Waals surface area (Å²) in [4.78, 5) is 24.9. The lowest BCUT2D eigenvalue weighted by atomic mass is 9.83. The molecule has 0 aliphatic heterocycles. The van der Waals surface area contributed by atoms with Gasteiger partial charge in [-0.3, -0.25) is 4.79 Å². The van der Waals surface area contributed by atoms with Crippen LogP contribution in [-0.2, 0) is 11.3 Å². The molecule has 2 aromatic rings. The molecule has 1 amide bonds. The van der Waals surface area contributed by atoms with E-state index in [2.05, 4.69) is 17.3 Å². The number of nitrogens with one attached hydrogen (secondary N) is 1. The average molecular weight is 349 g/mol. The molecule has 0 saturated heterocycles. The molecule has 2 atom stereocenters. The van der Waals surface area contributed by atoms with Crippen LogP contribution in [0, 0.1) is 5.92 Å². The molecule has 1 saturated carbocycles. The molecule has 2 aromatic heterocycles. The van der Waals surface area contributed by atoms with Crippen molar-refractivity contribution in [1.82, 2.24) is 15.1 Å². The van der Waals surface area contributed by atoms with Crippen LogP contribution in [0.5, 0.6) is 0 Å². The van der Waals surface area contributed by atoms with Crippen molar-refractivity contribution < 1.29 is 9.21 Å². The first kappa shape index (κ1) is 17.0. The van der Waals surface area contributed by atoms with Crippen LogP contribution < -0.4 is 11.1 Å². The highest BCUT2D eigenvalue weighted by molar-refractivity contribution is 7.13. The van der Waals surface area contributed by atoms with Gasteiger partial charge in [0, 0.05) is 12.5 Å². The smallest absolute Gasteiger partial charge is 0.387 e. The van der Waals surface area contributed by atoms with Crippen LogP contribution >= 0.6 is 11.3 Å². The minimum Gasteiger partial charge on any atom is -0.387 e. The standard InChI is InChI=1S/C17H23N3O3S/c1-2-12-6-3-4-7-13(12)18-15(21)9-10-20-17(22)23-16(19-20)14-8-5-11-24-14/h5,8,11-13H,2-4,6-7,9-10H2,1H3,(H,18,21)/t12-,13+/m0/s1. The molecule has 6 nitrogen and oxygen atoms in total. The van der Waals surface area contributed by atoms with Crippen molar-refractivity contribution in [3.63, 3.8) is 0 Å².